The Bertz CT molecular complexity index is 532. The Labute approximate surface area is 128 Å². The number of hydrogen-bond donors (Lipinski definition) is 1. The zero-order chi connectivity index (χ0) is 15.7. The first-order valence-corrected chi connectivity index (χ1v) is 7.79. The molecule has 0 fully saturated rings. The second-order valence-corrected chi connectivity index (χ2v) is 7.20. The standard InChI is InChI=1S/C18H27NO2/c1-6-21-10-9-16(20)19-13-7-8-14-15(11-13)18(4,5)12-17(14,2)3/h7-8,11H,6,9-10,12H2,1-5H3,(H,19,20). The third kappa shape index (κ3) is 3.46. The molecule has 0 radical (unpaired) electrons. The number of carbonyl (C=O) groups excluding carboxylic acids is 1. The van der Waals surface area contributed by atoms with E-state index in [9.17, 15) is 4.79 Å². The van der Waals surface area contributed by atoms with Crippen molar-refractivity contribution in [2.75, 3.05) is 18.5 Å². The van der Waals surface area contributed by atoms with Crippen molar-refractivity contribution in [3.8, 4) is 0 Å². The highest BCUT2D eigenvalue weighted by atomic mass is 16.5. The van der Waals surface area contributed by atoms with E-state index >= 15 is 0 Å². The van der Waals surface area contributed by atoms with Crippen LogP contribution in [0.2, 0.25) is 0 Å². The first-order chi connectivity index (χ1) is 9.76. The van der Waals surface area contributed by atoms with Crippen molar-refractivity contribution in [2.24, 2.45) is 0 Å². The molecule has 3 heteroatoms. The molecule has 116 valence electrons. The molecule has 0 saturated carbocycles. The maximum absolute atomic E-state index is 11.9. The van der Waals surface area contributed by atoms with Crippen LogP contribution >= 0.6 is 0 Å². The van der Waals surface area contributed by atoms with E-state index in [1.165, 1.54) is 11.1 Å². The van der Waals surface area contributed by atoms with E-state index in [1.54, 1.807) is 0 Å². The molecule has 3 nitrogen and oxygen atoms in total. The van der Waals surface area contributed by atoms with Gasteiger partial charge >= 0.3 is 0 Å². The predicted molar refractivity (Wildman–Crippen MR) is 86.9 cm³/mol. The summed E-state index contributed by atoms with van der Waals surface area (Å²) in [6.45, 7) is 12.2. The van der Waals surface area contributed by atoms with Crippen LogP contribution in [0.25, 0.3) is 0 Å². The molecule has 1 amide bonds. The Morgan fingerprint density at radius 2 is 1.86 bits per heavy atom. The minimum Gasteiger partial charge on any atom is -0.381 e. The van der Waals surface area contributed by atoms with E-state index in [0.29, 0.717) is 19.6 Å². The molecule has 1 N–H and O–H groups in total. The number of nitrogens with one attached hydrogen (secondary N) is 1. The number of benzene rings is 1. The SMILES string of the molecule is CCOCCC(=O)Nc1ccc2c(c1)C(C)(C)CC2(C)C. The van der Waals surface area contributed by atoms with Crippen molar-refractivity contribution in [3.63, 3.8) is 0 Å². The van der Waals surface area contributed by atoms with Crippen LogP contribution in [0.4, 0.5) is 5.69 Å². The number of hydrogen-bond acceptors (Lipinski definition) is 2. The lowest BCUT2D eigenvalue weighted by Gasteiger charge is -2.22. The van der Waals surface area contributed by atoms with Gasteiger partial charge in [0.1, 0.15) is 0 Å². The molecule has 1 aliphatic rings. The molecule has 0 unspecified atom stereocenters. The number of rotatable bonds is 5. The van der Waals surface area contributed by atoms with Crippen LogP contribution in [0.5, 0.6) is 0 Å². The highest BCUT2D eigenvalue weighted by Gasteiger charge is 2.41. The number of fused-ring (bicyclic) bond motifs is 1. The number of amides is 1. The summed E-state index contributed by atoms with van der Waals surface area (Å²) in [6, 6.07) is 6.32. The van der Waals surface area contributed by atoms with Gasteiger partial charge in [0.2, 0.25) is 5.91 Å². The zero-order valence-electron chi connectivity index (χ0n) is 13.9. The maximum Gasteiger partial charge on any atom is 0.226 e. The van der Waals surface area contributed by atoms with Gasteiger partial charge in [-0.2, -0.15) is 0 Å². The fourth-order valence-corrected chi connectivity index (χ4v) is 3.60. The van der Waals surface area contributed by atoms with Gasteiger partial charge in [0.15, 0.2) is 0 Å². The summed E-state index contributed by atoms with van der Waals surface area (Å²) in [5.74, 6) is 0.0125. The van der Waals surface area contributed by atoms with Crippen molar-refractivity contribution in [1.29, 1.82) is 0 Å². The molecule has 0 atom stereocenters. The smallest absolute Gasteiger partial charge is 0.226 e. The summed E-state index contributed by atoms with van der Waals surface area (Å²) in [7, 11) is 0. The molecule has 1 aromatic carbocycles. The minimum absolute atomic E-state index is 0.0125. The third-order valence-electron chi connectivity index (χ3n) is 4.32. The largest absolute Gasteiger partial charge is 0.381 e. The predicted octanol–water partition coefficient (Wildman–Crippen LogP) is 4.01. The second-order valence-electron chi connectivity index (χ2n) is 7.20. The van der Waals surface area contributed by atoms with Crippen LogP contribution in [-0.4, -0.2) is 19.1 Å². The van der Waals surface area contributed by atoms with Gasteiger partial charge in [-0.3, -0.25) is 4.79 Å². The molecule has 21 heavy (non-hydrogen) atoms. The highest BCUT2D eigenvalue weighted by Crippen LogP contribution is 2.49. The summed E-state index contributed by atoms with van der Waals surface area (Å²) in [5.41, 5.74) is 4.01. The molecule has 0 heterocycles. The Balaban J connectivity index is 2.13. The van der Waals surface area contributed by atoms with Crippen molar-refractivity contribution < 1.29 is 9.53 Å². The Hall–Kier alpha value is -1.35. The second kappa shape index (κ2) is 5.80. The fraction of sp³-hybridized carbons (Fsp3) is 0.611. The lowest BCUT2D eigenvalue weighted by molar-refractivity contribution is -0.117. The van der Waals surface area contributed by atoms with Crippen molar-refractivity contribution in [3.05, 3.63) is 29.3 Å². The molecule has 0 aliphatic heterocycles. The zero-order valence-corrected chi connectivity index (χ0v) is 13.9. The van der Waals surface area contributed by atoms with Gasteiger partial charge in [0.25, 0.3) is 0 Å². The van der Waals surface area contributed by atoms with E-state index in [-0.39, 0.29) is 16.7 Å². The van der Waals surface area contributed by atoms with Gasteiger partial charge in [0, 0.05) is 12.3 Å². The number of anilines is 1. The Morgan fingerprint density at radius 1 is 1.19 bits per heavy atom. The van der Waals surface area contributed by atoms with E-state index in [2.05, 4.69) is 45.1 Å². The molecule has 0 aromatic heterocycles. The van der Waals surface area contributed by atoms with Gasteiger partial charge < -0.3 is 10.1 Å². The van der Waals surface area contributed by atoms with E-state index in [1.807, 2.05) is 13.0 Å². The van der Waals surface area contributed by atoms with Crippen LogP contribution in [0.1, 0.15) is 58.6 Å². The number of carbonyl (C=O) groups is 1. The topological polar surface area (TPSA) is 38.3 Å². The molecule has 0 spiro atoms. The monoisotopic (exact) mass is 289 g/mol. The van der Waals surface area contributed by atoms with Gasteiger partial charge in [-0.15, -0.1) is 0 Å². The Kier molecular flexibility index (Phi) is 4.43. The van der Waals surface area contributed by atoms with Crippen LogP contribution in [0.15, 0.2) is 18.2 Å². The molecule has 0 bridgehead atoms. The van der Waals surface area contributed by atoms with Crippen LogP contribution in [0.3, 0.4) is 0 Å². The van der Waals surface area contributed by atoms with Crippen LogP contribution in [-0.2, 0) is 20.4 Å². The van der Waals surface area contributed by atoms with Crippen LogP contribution in [0, 0.1) is 0 Å². The number of ether oxygens (including phenoxy) is 1. The first-order valence-electron chi connectivity index (χ1n) is 7.79. The normalized spacial score (nSPS) is 18.3. The quantitative estimate of drug-likeness (QED) is 0.832. The fourth-order valence-electron chi connectivity index (χ4n) is 3.60. The average Bonchev–Trinajstić information content (AvgIpc) is 2.55. The average molecular weight is 289 g/mol. The molecule has 1 aliphatic carbocycles. The van der Waals surface area contributed by atoms with E-state index in [0.717, 1.165) is 12.1 Å². The maximum atomic E-state index is 11.9. The van der Waals surface area contributed by atoms with Crippen molar-refractivity contribution >= 4 is 11.6 Å². The lowest BCUT2D eigenvalue weighted by atomic mass is 9.82. The molecule has 2 rings (SSSR count). The lowest BCUT2D eigenvalue weighted by Crippen LogP contribution is -2.18. The summed E-state index contributed by atoms with van der Waals surface area (Å²) in [5, 5.41) is 2.98. The first kappa shape index (κ1) is 16.0. The summed E-state index contributed by atoms with van der Waals surface area (Å²) >= 11 is 0. The third-order valence-corrected chi connectivity index (χ3v) is 4.32. The summed E-state index contributed by atoms with van der Waals surface area (Å²) in [6.07, 6.45) is 1.54. The Morgan fingerprint density at radius 3 is 2.52 bits per heavy atom. The molecule has 0 saturated heterocycles. The van der Waals surface area contributed by atoms with Crippen molar-refractivity contribution in [2.45, 2.75) is 58.3 Å². The molecule has 1 aromatic rings. The molecular weight excluding hydrogens is 262 g/mol. The summed E-state index contributed by atoms with van der Waals surface area (Å²) < 4.78 is 5.22. The minimum atomic E-state index is 0.0125. The van der Waals surface area contributed by atoms with Crippen molar-refractivity contribution in [1.82, 2.24) is 0 Å². The van der Waals surface area contributed by atoms with E-state index in [4.69, 9.17) is 4.74 Å². The highest BCUT2D eigenvalue weighted by molar-refractivity contribution is 5.91. The van der Waals surface area contributed by atoms with Gasteiger partial charge in [0.05, 0.1) is 13.0 Å². The van der Waals surface area contributed by atoms with Gasteiger partial charge in [-0.1, -0.05) is 33.8 Å². The van der Waals surface area contributed by atoms with Gasteiger partial charge in [-0.25, -0.2) is 0 Å². The summed E-state index contributed by atoms with van der Waals surface area (Å²) in [4.78, 5) is 11.9. The van der Waals surface area contributed by atoms with Crippen LogP contribution < -0.4 is 5.32 Å². The van der Waals surface area contributed by atoms with E-state index < -0.39 is 0 Å². The molecular formula is C18H27NO2. The van der Waals surface area contributed by atoms with Gasteiger partial charge in [-0.05, 0) is 47.4 Å².